The van der Waals surface area contributed by atoms with Crippen LogP contribution < -0.4 is 0 Å². The predicted molar refractivity (Wildman–Crippen MR) is 67.0 cm³/mol. The van der Waals surface area contributed by atoms with Gasteiger partial charge >= 0.3 is 5.97 Å². The smallest absolute Gasteiger partial charge is 0.337 e. The Labute approximate surface area is 107 Å². The third-order valence-corrected chi connectivity index (χ3v) is 2.77. The third-order valence-electron chi connectivity index (χ3n) is 2.77. The lowest BCUT2D eigenvalue weighted by Crippen LogP contribution is -1.99. The Bertz CT molecular complexity index is 762. The Morgan fingerprint density at radius 3 is 2.47 bits per heavy atom. The highest BCUT2D eigenvalue weighted by molar-refractivity contribution is 5.87. The molecule has 0 saturated carbocycles. The van der Waals surface area contributed by atoms with Crippen LogP contribution in [-0.4, -0.2) is 30.8 Å². The molecule has 2 N–H and O–H groups in total. The summed E-state index contributed by atoms with van der Waals surface area (Å²) in [4.78, 5) is 11.0. The fourth-order valence-electron chi connectivity index (χ4n) is 1.82. The Kier molecular flexibility index (Phi) is 2.42. The van der Waals surface area contributed by atoms with Crippen LogP contribution in [0, 0.1) is 0 Å². The highest BCUT2D eigenvalue weighted by atomic mass is 16.4. The molecule has 3 rings (SSSR count). The van der Waals surface area contributed by atoms with Gasteiger partial charge in [0.1, 0.15) is 5.75 Å². The van der Waals surface area contributed by atoms with Gasteiger partial charge in [0.15, 0.2) is 11.5 Å². The van der Waals surface area contributed by atoms with E-state index in [1.807, 2.05) is 0 Å². The van der Waals surface area contributed by atoms with Crippen molar-refractivity contribution in [3.05, 3.63) is 48.2 Å². The van der Waals surface area contributed by atoms with Crippen molar-refractivity contribution < 1.29 is 15.0 Å². The van der Waals surface area contributed by atoms with E-state index in [0.717, 1.165) is 5.56 Å². The summed E-state index contributed by atoms with van der Waals surface area (Å²) in [7, 11) is 0. The van der Waals surface area contributed by atoms with Crippen molar-refractivity contribution in [2.24, 2.45) is 0 Å². The van der Waals surface area contributed by atoms with E-state index in [4.69, 9.17) is 5.11 Å². The number of pyridine rings is 1. The minimum absolute atomic E-state index is 0.156. The zero-order chi connectivity index (χ0) is 13.4. The number of hydrogen-bond acceptors (Lipinski definition) is 4. The molecule has 0 spiro atoms. The summed E-state index contributed by atoms with van der Waals surface area (Å²) in [6.45, 7) is 0. The molecule has 19 heavy (non-hydrogen) atoms. The van der Waals surface area contributed by atoms with Gasteiger partial charge in [-0.25, -0.2) is 4.79 Å². The Hall–Kier alpha value is -2.89. The molecule has 0 aliphatic heterocycles. The second-order valence-electron chi connectivity index (χ2n) is 4.02. The molecular formula is C13H9N3O3. The van der Waals surface area contributed by atoms with Crippen LogP contribution in [-0.2, 0) is 0 Å². The highest BCUT2D eigenvalue weighted by Crippen LogP contribution is 2.21. The summed E-state index contributed by atoms with van der Waals surface area (Å²) in [5.74, 6) is -0.325. The molecule has 2 aromatic heterocycles. The molecule has 0 radical (unpaired) electrons. The van der Waals surface area contributed by atoms with E-state index >= 15 is 0 Å². The summed E-state index contributed by atoms with van der Waals surface area (Å²) in [6.07, 6.45) is 1.47. The Balaban J connectivity index is 2.21. The first-order chi connectivity index (χ1) is 9.15. The van der Waals surface area contributed by atoms with Gasteiger partial charge in [-0.3, -0.25) is 4.40 Å². The zero-order valence-electron chi connectivity index (χ0n) is 9.69. The molecule has 3 aromatic rings. The number of benzene rings is 1. The fourth-order valence-corrected chi connectivity index (χ4v) is 1.82. The van der Waals surface area contributed by atoms with Gasteiger partial charge in [-0.15, -0.1) is 10.2 Å². The number of phenolic OH excluding ortho intramolecular Hbond substituents is 1. The molecule has 1 aromatic carbocycles. The average Bonchev–Trinajstić information content (AvgIpc) is 2.82. The van der Waals surface area contributed by atoms with E-state index in [-0.39, 0.29) is 11.3 Å². The molecule has 0 aliphatic rings. The topological polar surface area (TPSA) is 87.7 Å². The second-order valence-corrected chi connectivity index (χ2v) is 4.02. The van der Waals surface area contributed by atoms with Crippen LogP contribution in [0.4, 0.5) is 0 Å². The molecule has 6 nitrogen and oxygen atoms in total. The number of aromatic carboxylic acids is 1. The van der Waals surface area contributed by atoms with Crippen molar-refractivity contribution in [2.45, 2.75) is 0 Å². The molecule has 2 heterocycles. The number of carbonyl (C=O) groups is 1. The molecule has 0 amide bonds. The summed E-state index contributed by atoms with van der Waals surface area (Å²) >= 11 is 0. The van der Waals surface area contributed by atoms with E-state index in [1.165, 1.54) is 24.4 Å². The Morgan fingerprint density at radius 1 is 1.05 bits per heavy atom. The largest absolute Gasteiger partial charge is 0.508 e. The fraction of sp³-hybridized carbons (Fsp3) is 0. The quantitative estimate of drug-likeness (QED) is 0.729. The van der Waals surface area contributed by atoms with Gasteiger partial charge in [0.2, 0.25) is 0 Å². The van der Waals surface area contributed by atoms with Crippen LogP contribution in [0.3, 0.4) is 0 Å². The summed E-state index contributed by atoms with van der Waals surface area (Å²) in [6, 6.07) is 9.54. The third kappa shape index (κ3) is 1.89. The minimum Gasteiger partial charge on any atom is -0.508 e. The maximum atomic E-state index is 11.0. The molecule has 0 unspecified atom stereocenters. The van der Waals surface area contributed by atoms with Crippen molar-refractivity contribution in [3.8, 4) is 17.1 Å². The second kappa shape index (κ2) is 4.09. The lowest BCUT2D eigenvalue weighted by molar-refractivity contribution is 0.0696. The first kappa shape index (κ1) is 11.2. The van der Waals surface area contributed by atoms with Gasteiger partial charge in [-0.2, -0.15) is 0 Å². The van der Waals surface area contributed by atoms with Crippen molar-refractivity contribution in [1.29, 1.82) is 0 Å². The maximum absolute atomic E-state index is 11.0. The van der Waals surface area contributed by atoms with Crippen LogP contribution in [0.1, 0.15) is 10.4 Å². The monoisotopic (exact) mass is 255 g/mol. The van der Waals surface area contributed by atoms with Crippen molar-refractivity contribution >= 4 is 11.6 Å². The van der Waals surface area contributed by atoms with Crippen molar-refractivity contribution in [1.82, 2.24) is 14.6 Å². The number of phenols is 1. The molecule has 0 bridgehead atoms. The number of carboxylic acids is 1. The number of rotatable bonds is 2. The number of hydrogen-bond donors (Lipinski definition) is 2. The normalized spacial score (nSPS) is 10.7. The number of nitrogens with zero attached hydrogens (tertiary/aromatic N) is 3. The lowest BCUT2D eigenvalue weighted by atomic mass is 10.2. The van der Waals surface area contributed by atoms with Gasteiger partial charge in [0, 0.05) is 11.8 Å². The highest BCUT2D eigenvalue weighted by Gasteiger charge is 2.10. The summed E-state index contributed by atoms with van der Waals surface area (Å²) in [5, 5.41) is 26.3. The van der Waals surface area contributed by atoms with E-state index in [9.17, 15) is 9.90 Å². The number of aromatic hydroxyl groups is 1. The predicted octanol–water partition coefficient (Wildman–Crippen LogP) is 1.80. The van der Waals surface area contributed by atoms with Gasteiger partial charge in [-0.1, -0.05) is 0 Å². The van der Waals surface area contributed by atoms with Gasteiger partial charge in [0.05, 0.1) is 5.56 Å². The van der Waals surface area contributed by atoms with Crippen molar-refractivity contribution in [3.63, 3.8) is 0 Å². The molecule has 6 heteroatoms. The lowest BCUT2D eigenvalue weighted by Gasteiger charge is -2.01. The molecule has 94 valence electrons. The van der Waals surface area contributed by atoms with E-state index in [2.05, 4.69) is 10.2 Å². The van der Waals surface area contributed by atoms with Crippen LogP contribution in [0.2, 0.25) is 0 Å². The van der Waals surface area contributed by atoms with E-state index in [1.54, 1.807) is 22.6 Å². The average molecular weight is 255 g/mol. The molecule has 0 fully saturated rings. The molecule has 0 saturated heterocycles. The number of aromatic nitrogens is 3. The number of fused-ring (bicyclic) bond motifs is 1. The first-order valence-corrected chi connectivity index (χ1v) is 5.52. The molecule has 0 aliphatic carbocycles. The summed E-state index contributed by atoms with van der Waals surface area (Å²) in [5.41, 5.74) is 1.47. The molecular weight excluding hydrogens is 246 g/mol. The van der Waals surface area contributed by atoms with Gasteiger partial charge in [0.25, 0.3) is 0 Å². The van der Waals surface area contributed by atoms with Crippen LogP contribution in [0.15, 0.2) is 42.6 Å². The standard InChI is InChI=1S/C13H9N3O3/c17-10-4-1-8(2-5-10)12-15-14-11-6-3-9(13(18)19)7-16(11)12/h1-7,17H,(H,18,19). The zero-order valence-corrected chi connectivity index (χ0v) is 9.69. The van der Waals surface area contributed by atoms with Crippen LogP contribution >= 0.6 is 0 Å². The van der Waals surface area contributed by atoms with Gasteiger partial charge in [-0.05, 0) is 36.4 Å². The van der Waals surface area contributed by atoms with Crippen LogP contribution in [0.5, 0.6) is 5.75 Å². The van der Waals surface area contributed by atoms with Gasteiger partial charge < -0.3 is 10.2 Å². The van der Waals surface area contributed by atoms with E-state index in [0.29, 0.717) is 11.5 Å². The maximum Gasteiger partial charge on any atom is 0.337 e. The summed E-state index contributed by atoms with van der Waals surface area (Å²) < 4.78 is 1.61. The van der Waals surface area contributed by atoms with Crippen LogP contribution in [0.25, 0.3) is 17.0 Å². The van der Waals surface area contributed by atoms with E-state index < -0.39 is 5.97 Å². The number of carboxylic acid groups (broad SMARTS) is 1. The SMILES string of the molecule is O=C(O)c1ccc2nnc(-c3ccc(O)cc3)n2c1. The molecule has 0 atom stereocenters. The minimum atomic E-state index is -1.01. The van der Waals surface area contributed by atoms with Crippen molar-refractivity contribution in [2.75, 3.05) is 0 Å². The Morgan fingerprint density at radius 2 is 1.79 bits per heavy atom. The first-order valence-electron chi connectivity index (χ1n) is 5.52.